The zero-order valence-corrected chi connectivity index (χ0v) is 13.3. The molecular formula is C21H16S. The van der Waals surface area contributed by atoms with Gasteiger partial charge in [0.15, 0.2) is 0 Å². The molecule has 1 aromatic heterocycles. The van der Waals surface area contributed by atoms with Gasteiger partial charge in [0, 0.05) is 20.2 Å². The SMILES string of the molecule is C=Cc1cccc(-c2ccc3sc4ccc(C)cc4c3c2)c1. The Hall–Kier alpha value is -2.38. The first-order chi connectivity index (χ1) is 10.7. The van der Waals surface area contributed by atoms with E-state index in [-0.39, 0.29) is 0 Å². The van der Waals surface area contributed by atoms with Gasteiger partial charge in [0.2, 0.25) is 0 Å². The molecule has 0 bridgehead atoms. The van der Waals surface area contributed by atoms with Gasteiger partial charge in [-0.3, -0.25) is 0 Å². The Labute approximate surface area is 134 Å². The minimum absolute atomic E-state index is 1.16. The molecule has 0 radical (unpaired) electrons. The third kappa shape index (κ3) is 2.15. The molecule has 0 nitrogen and oxygen atoms in total. The minimum Gasteiger partial charge on any atom is -0.135 e. The Morgan fingerprint density at radius 2 is 1.55 bits per heavy atom. The van der Waals surface area contributed by atoms with Crippen molar-refractivity contribution < 1.29 is 0 Å². The highest BCUT2D eigenvalue weighted by Gasteiger charge is 2.07. The topological polar surface area (TPSA) is 0 Å². The van der Waals surface area contributed by atoms with Crippen molar-refractivity contribution in [2.24, 2.45) is 0 Å². The van der Waals surface area contributed by atoms with E-state index < -0.39 is 0 Å². The molecule has 0 saturated heterocycles. The van der Waals surface area contributed by atoms with Gasteiger partial charge in [0.1, 0.15) is 0 Å². The van der Waals surface area contributed by atoms with Crippen molar-refractivity contribution in [3.8, 4) is 11.1 Å². The lowest BCUT2D eigenvalue weighted by Gasteiger charge is -2.04. The van der Waals surface area contributed by atoms with Crippen LogP contribution in [0.25, 0.3) is 37.4 Å². The van der Waals surface area contributed by atoms with Crippen molar-refractivity contribution in [3.63, 3.8) is 0 Å². The van der Waals surface area contributed by atoms with Crippen LogP contribution < -0.4 is 0 Å². The number of thiophene rings is 1. The quantitative estimate of drug-likeness (QED) is 0.387. The molecule has 0 amide bonds. The number of hydrogen-bond acceptors (Lipinski definition) is 1. The number of aryl methyl sites for hydroxylation is 1. The summed E-state index contributed by atoms with van der Waals surface area (Å²) >= 11 is 1.87. The molecule has 0 spiro atoms. The second kappa shape index (κ2) is 5.11. The summed E-state index contributed by atoms with van der Waals surface area (Å²) in [5.41, 5.74) is 4.97. The Balaban J connectivity index is 1.97. The summed E-state index contributed by atoms with van der Waals surface area (Å²) in [6.07, 6.45) is 1.89. The highest BCUT2D eigenvalue weighted by molar-refractivity contribution is 7.25. The van der Waals surface area contributed by atoms with Crippen molar-refractivity contribution in [1.29, 1.82) is 0 Å². The maximum atomic E-state index is 3.86. The van der Waals surface area contributed by atoms with Gasteiger partial charge < -0.3 is 0 Å². The van der Waals surface area contributed by atoms with Gasteiger partial charge in [-0.1, -0.05) is 48.6 Å². The molecule has 0 N–H and O–H groups in total. The molecule has 0 saturated carbocycles. The maximum absolute atomic E-state index is 3.86. The van der Waals surface area contributed by atoms with Crippen molar-refractivity contribution in [2.75, 3.05) is 0 Å². The van der Waals surface area contributed by atoms with Crippen LogP contribution in [0.3, 0.4) is 0 Å². The molecule has 1 heterocycles. The lowest BCUT2D eigenvalue weighted by atomic mass is 10.0. The first-order valence-corrected chi connectivity index (χ1v) is 8.22. The fourth-order valence-corrected chi connectivity index (χ4v) is 3.98. The van der Waals surface area contributed by atoms with Crippen molar-refractivity contribution in [3.05, 3.63) is 78.4 Å². The molecule has 0 aliphatic heterocycles. The number of fused-ring (bicyclic) bond motifs is 3. The van der Waals surface area contributed by atoms with Gasteiger partial charge in [0.05, 0.1) is 0 Å². The fourth-order valence-electron chi connectivity index (χ4n) is 2.92. The minimum atomic E-state index is 1.16. The predicted molar refractivity (Wildman–Crippen MR) is 99.6 cm³/mol. The molecule has 4 rings (SSSR count). The predicted octanol–water partition coefficient (Wildman–Crippen LogP) is 6.67. The largest absolute Gasteiger partial charge is 0.135 e. The van der Waals surface area contributed by atoms with Crippen LogP contribution in [0.4, 0.5) is 0 Å². The summed E-state index contributed by atoms with van der Waals surface area (Å²) in [4.78, 5) is 0. The number of benzene rings is 3. The van der Waals surface area contributed by atoms with Crippen LogP contribution in [0.15, 0.2) is 67.2 Å². The zero-order valence-electron chi connectivity index (χ0n) is 12.5. The van der Waals surface area contributed by atoms with Gasteiger partial charge in [-0.15, -0.1) is 11.3 Å². The van der Waals surface area contributed by atoms with Gasteiger partial charge in [-0.2, -0.15) is 0 Å². The van der Waals surface area contributed by atoms with E-state index >= 15 is 0 Å². The molecule has 106 valence electrons. The first-order valence-electron chi connectivity index (χ1n) is 7.40. The summed E-state index contributed by atoms with van der Waals surface area (Å²) in [5.74, 6) is 0. The van der Waals surface area contributed by atoms with E-state index in [1.165, 1.54) is 36.9 Å². The Morgan fingerprint density at radius 1 is 0.818 bits per heavy atom. The highest BCUT2D eigenvalue weighted by Crippen LogP contribution is 2.36. The number of hydrogen-bond donors (Lipinski definition) is 0. The summed E-state index contributed by atoms with van der Waals surface area (Å²) in [5, 5.41) is 2.71. The number of rotatable bonds is 2. The molecule has 0 atom stereocenters. The van der Waals surface area contributed by atoms with Crippen LogP contribution >= 0.6 is 11.3 Å². The summed E-state index contributed by atoms with van der Waals surface area (Å²) in [6.45, 7) is 6.01. The molecule has 3 aromatic carbocycles. The van der Waals surface area contributed by atoms with E-state index in [0.29, 0.717) is 0 Å². The summed E-state index contributed by atoms with van der Waals surface area (Å²) in [6, 6.07) is 22.0. The van der Waals surface area contributed by atoms with Crippen LogP contribution in [-0.4, -0.2) is 0 Å². The van der Waals surface area contributed by atoms with Crippen LogP contribution in [-0.2, 0) is 0 Å². The smallest absolute Gasteiger partial charge is 0.0355 e. The van der Waals surface area contributed by atoms with Crippen molar-refractivity contribution in [2.45, 2.75) is 6.92 Å². The monoisotopic (exact) mass is 300 g/mol. The Bertz CT molecular complexity index is 1000. The van der Waals surface area contributed by atoms with E-state index in [4.69, 9.17) is 0 Å². The third-order valence-corrected chi connectivity index (χ3v) is 5.23. The maximum Gasteiger partial charge on any atom is 0.0355 e. The van der Waals surface area contributed by atoms with E-state index in [9.17, 15) is 0 Å². The standard InChI is InChI=1S/C21H16S/c1-3-15-5-4-6-16(12-15)17-8-10-21-19(13-17)18-11-14(2)7-9-20(18)22-21/h3-13H,1H2,2H3. The molecule has 1 heteroatoms. The van der Waals surface area contributed by atoms with Crippen LogP contribution in [0.1, 0.15) is 11.1 Å². The summed E-state index contributed by atoms with van der Waals surface area (Å²) in [7, 11) is 0. The molecular weight excluding hydrogens is 284 g/mol. The normalized spacial score (nSPS) is 11.1. The highest BCUT2D eigenvalue weighted by atomic mass is 32.1. The second-order valence-corrected chi connectivity index (χ2v) is 6.73. The van der Waals surface area contributed by atoms with Crippen molar-refractivity contribution in [1.82, 2.24) is 0 Å². The van der Waals surface area contributed by atoms with Gasteiger partial charge in [-0.05, 0) is 53.9 Å². The Kier molecular flexibility index (Phi) is 3.09. The molecule has 22 heavy (non-hydrogen) atoms. The van der Waals surface area contributed by atoms with Crippen LogP contribution in [0, 0.1) is 6.92 Å². The summed E-state index contributed by atoms with van der Waals surface area (Å²) < 4.78 is 2.71. The average molecular weight is 300 g/mol. The average Bonchev–Trinajstić information content (AvgIpc) is 2.92. The lowest BCUT2D eigenvalue weighted by Crippen LogP contribution is -1.79. The van der Waals surface area contributed by atoms with E-state index in [2.05, 4.69) is 74.2 Å². The molecule has 0 unspecified atom stereocenters. The van der Waals surface area contributed by atoms with Crippen molar-refractivity contribution >= 4 is 37.6 Å². The van der Waals surface area contributed by atoms with Gasteiger partial charge in [0.25, 0.3) is 0 Å². The fraction of sp³-hybridized carbons (Fsp3) is 0.0476. The van der Waals surface area contributed by atoms with E-state index in [0.717, 1.165) is 5.56 Å². The molecule has 0 aliphatic carbocycles. The van der Waals surface area contributed by atoms with E-state index in [1.54, 1.807) is 0 Å². The lowest BCUT2D eigenvalue weighted by molar-refractivity contribution is 1.52. The van der Waals surface area contributed by atoms with Gasteiger partial charge >= 0.3 is 0 Å². The van der Waals surface area contributed by atoms with Crippen LogP contribution in [0.2, 0.25) is 0 Å². The van der Waals surface area contributed by atoms with Gasteiger partial charge in [-0.25, -0.2) is 0 Å². The first kappa shape index (κ1) is 13.3. The second-order valence-electron chi connectivity index (χ2n) is 5.64. The zero-order chi connectivity index (χ0) is 15.1. The molecule has 0 fully saturated rings. The van der Waals surface area contributed by atoms with E-state index in [1.807, 2.05) is 17.4 Å². The molecule has 0 aliphatic rings. The third-order valence-electron chi connectivity index (χ3n) is 4.08. The van der Waals surface area contributed by atoms with Crippen LogP contribution in [0.5, 0.6) is 0 Å². The molecule has 4 aromatic rings. The Morgan fingerprint density at radius 3 is 2.36 bits per heavy atom.